The highest BCUT2D eigenvalue weighted by Crippen LogP contribution is 2.12. The van der Waals surface area contributed by atoms with Gasteiger partial charge in [-0.2, -0.15) is 11.8 Å². The van der Waals surface area contributed by atoms with E-state index in [-0.39, 0.29) is 37.2 Å². The number of carboxylic acid groups (broad SMARTS) is 1. The molecular formula is C23H45N7O5S. The van der Waals surface area contributed by atoms with E-state index in [1.165, 1.54) is 0 Å². The molecule has 13 heteroatoms. The fourth-order valence-corrected chi connectivity index (χ4v) is 3.83. The molecule has 10 N–H and O–H groups in total. The predicted molar refractivity (Wildman–Crippen MR) is 143 cm³/mol. The monoisotopic (exact) mass is 531 g/mol. The van der Waals surface area contributed by atoms with Gasteiger partial charge in [0.15, 0.2) is 5.96 Å². The van der Waals surface area contributed by atoms with Gasteiger partial charge in [-0.25, -0.2) is 4.79 Å². The molecule has 5 atom stereocenters. The van der Waals surface area contributed by atoms with Gasteiger partial charge in [-0.1, -0.05) is 34.1 Å². The molecule has 0 spiro atoms. The zero-order valence-corrected chi connectivity index (χ0v) is 22.9. The van der Waals surface area contributed by atoms with Gasteiger partial charge in [0.2, 0.25) is 17.7 Å². The van der Waals surface area contributed by atoms with Crippen LogP contribution in [-0.2, 0) is 19.2 Å². The van der Waals surface area contributed by atoms with Crippen LogP contribution in [0, 0.1) is 11.8 Å². The molecule has 0 heterocycles. The number of rotatable bonds is 18. The van der Waals surface area contributed by atoms with Crippen molar-refractivity contribution in [1.29, 1.82) is 0 Å². The Morgan fingerprint density at radius 2 is 1.56 bits per heavy atom. The molecule has 0 aromatic rings. The molecule has 0 bridgehead atoms. The van der Waals surface area contributed by atoms with Gasteiger partial charge in [0, 0.05) is 6.54 Å². The van der Waals surface area contributed by atoms with Crippen LogP contribution in [0.1, 0.15) is 59.8 Å². The van der Waals surface area contributed by atoms with E-state index < -0.39 is 47.9 Å². The number of carbonyl (C=O) groups is 4. The van der Waals surface area contributed by atoms with Crippen molar-refractivity contribution in [2.75, 3.05) is 18.6 Å². The van der Waals surface area contributed by atoms with Crippen molar-refractivity contribution in [3.8, 4) is 0 Å². The summed E-state index contributed by atoms with van der Waals surface area (Å²) in [6.07, 6.45) is 3.76. The minimum Gasteiger partial charge on any atom is -0.480 e. The van der Waals surface area contributed by atoms with E-state index in [0.717, 1.165) is 0 Å². The van der Waals surface area contributed by atoms with E-state index in [4.69, 9.17) is 17.2 Å². The van der Waals surface area contributed by atoms with E-state index in [1.807, 2.05) is 27.0 Å². The maximum Gasteiger partial charge on any atom is 0.326 e. The molecule has 0 aliphatic heterocycles. The summed E-state index contributed by atoms with van der Waals surface area (Å²) >= 11 is 1.56. The molecule has 12 nitrogen and oxygen atoms in total. The molecule has 0 aromatic carbocycles. The maximum atomic E-state index is 13.2. The standard InChI is InChI=1S/C23H45N7O5S/c1-6-14(4)18(21(33)29-17(22(34)35)12-13(2)3)30-20(32)16(8-7-10-27-23(25)26)28-19(31)15(24)9-11-36-5/h13-18H,6-12,24H2,1-5H3,(H,28,31)(H,29,33)(H,30,32)(H,34,35)(H4,25,26,27). The number of carboxylic acids is 1. The highest BCUT2D eigenvalue weighted by atomic mass is 32.2. The molecule has 0 aliphatic carbocycles. The summed E-state index contributed by atoms with van der Waals surface area (Å²) in [7, 11) is 0. The van der Waals surface area contributed by atoms with Crippen molar-refractivity contribution in [2.24, 2.45) is 34.0 Å². The van der Waals surface area contributed by atoms with E-state index in [0.29, 0.717) is 25.0 Å². The Hall–Kier alpha value is -2.54. The van der Waals surface area contributed by atoms with Crippen LogP contribution in [0.25, 0.3) is 0 Å². The Labute approximate surface area is 218 Å². The van der Waals surface area contributed by atoms with Crippen molar-refractivity contribution >= 4 is 41.4 Å². The van der Waals surface area contributed by atoms with Gasteiger partial charge in [0.1, 0.15) is 18.1 Å². The Kier molecular flexibility index (Phi) is 16.6. The molecule has 0 fully saturated rings. The lowest BCUT2D eigenvalue weighted by atomic mass is 9.96. The third kappa shape index (κ3) is 13.5. The van der Waals surface area contributed by atoms with Crippen LogP contribution in [0.5, 0.6) is 0 Å². The second-order valence-electron chi connectivity index (χ2n) is 9.30. The summed E-state index contributed by atoms with van der Waals surface area (Å²) in [5.41, 5.74) is 16.7. The predicted octanol–water partition coefficient (Wildman–Crippen LogP) is -0.248. The van der Waals surface area contributed by atoms with Gasteiger partial charge >= 0.3 is 5.97 Å². The van der Waals surface area contributed by atoms with Gasteiger partial charge in [-0.15, -0.1) is 0 Å². The molecular weight excluding hydrogens is 486 g/mol. The zero-order chi connectivity index (χ0) is 27.8. The van der Waals surface area contributed by atoms with Gasteiger partial charge < -0.3 is 38.3 Å². The number of aliphatic carboxylic acids is 1. The molecule has 36 heavy (non-hydrogen) atoms. The molecule has 0 aliphatic rings. The van der Waals surface area contributed by atoms with Gasteiger partial charge in [0.25, 0.3) is 0 Å². The van der Waals surface area contributed by atoms with Crippen LogP contribution in [0.3, 0.4) is 0 Å². The Bertz CT molecular complexity index is 746. The van der Waals surface area contributed by atoms with Crippen molar-refractivity contribution < 1.29 is 24.3 Å². The molecule has 0 aromatic heterocycles. The van der Waals surface area contributed by atoms with Crippen molar-refractivity contribution in [2.45, 2.75) is 84.0 Å². The number of hydrogen-bond acceptors (Lipinski definition) is 7. The lowest BCUT2D eigenvalue weighted by Gasteiger charge is -2.28. The van der Waals surface area contributed by atoms with E-state index in [2.05, 4.69) is 20.9 Å². The fourth-order valence-electron chi connectivity index (χ4n) is 3.34. The summed E-state index contributed by atoms with van der Waals surface area (Å²) in [5.74, 6) is -2.41. The quantitative estimate of drug-likeness (QED) is 0.0704. The molecule has 0 rings (SSSR count). The zero-order valence-electron chi connectivity index (χ0n) is 22.1. The number of carbonyl (C=O) groups excluding carboxylic acids is 3. The van der Waals surface area contributed by atoms with Gasteiger partial charge in [-0.05, 0) is 49.5 Å². The average Bonchev–Trinajstić information content (AvgIpc) is 2.80. The highest BCUT2D eigenvalue weighted by Gasteiger charge is 2.32. The number of nitrogens with two attached hydrogens (primary N) is 3. The van der Waals surface area contributed by atoms with Crippen molar-refractivity contribution in [1.82, 2.24) is 16.0 Å². The van der Waals surface area contributed by atoms with E-state index in [1.54, 1.807) is 18.7 Å². The van der Waals surface area contributed by atoms with Crippen molar-refractivity contribution in [3.05, 3.63) is 0 Å². The first-order valence-corrected chi connectivity index (χ1v) is 13.7. The highest BCUT2D eigenvalue weighted by molar-refractivity contribution is 7.98. The van der Waals surface area contributed by atoms with Crippen LogP contribution >= 0.6 is 11.8 Å². The summed E-state index contributed by atoms with van der Waals surface area (Å²) < 4.78 is 0. The SMILES string of the molecule is CCC(C)C(NC(=O)C(CCCN=C(N)N)NC(=O)C(N)CCSC)C(=O)NC(CC(C)C)C(=O)O. The smallest absolute Gasteiger partial charge is 0.326 e. The molecule has 0 radical (unpaired) electrons. The summed E-state index contributed by atoms with van der Waals surface area (Å²) in [5, 5.41) is 17.4. The second kappa shape index (κ2) is 17.8. The first kappa shape index (κ1) is 33.5. The molecule has 3 amide bonds. The first-order valence-electron chi connectivity index (χ1n) is 12.3. The number of aliphatic imine (C=N–C) groups is 1. The van der Waals surface area contributed by atoms with E-state index in [9.17, 15) is 24.3 Å². The number of amides is 3. The second-order valence-corrected chi connectivity index (χ2v) is 10.3. The Morgan fingerprint density at radius 3 is 2.06 bits per heavy atom. The number of nitrogens with one attached hydrogen (secondary N) is 3. The summed E-state index contributed by atoms with van der Waals surface area (Å²) in [4.78, 5) is 54.4. The summed E-state index contributed by atoms with van der Waals surface area (Å²) in [6, 6.07) is -3.83. The van der Waals surface area contributed by atoms with Gasteiger partial charge in [0.05, 0.1) is 6.04 Å². The van der Waals surface area contributed by atoms with Crippen LogP contribution in [0.15, 0.2) is 4.99 Å². The summed E-state index contributed by atoms with van der Waals surface area (Å²) in [6.45, 7) is 7.61. The van der Waals surface area contributed by atoms with Crippen LogP contribution in [0.4, 0.5) is 0 Å². The normalized spacial score (nSPS) is 15.2. The topological polar surface area (TPSA) is 215 Å². The van der Waals surface area contributed by atoms with Crippen LogP contribution in [0.2, 0.25) is 0 Å². The molecule has 0 saturated carbocycles. The lowest BCUT2D eigenvalue weighted by Crippen LogP contribution is -2.58. The minimum absolute atomic E-state index is 0.0446. The number of hydrogen-bond donors (Lipinski definition) is 7. The van der Waals surface area contributed by atoms with Crippen LogP contribution in [-0.4, -0.2) is 77.5 Å². The average molecular weight is 532 g/mol. The lowest BCUT2D eigenvalue weighted by molar-refractivity contribution is -0.143. The third-order valence-corrected chi connectivity index (χ3v) is 6.31. The number of thioether (sulfide) groups is 1. The number of nitrogens with zero attached hydrogens (tertiary/aromatic N) is 1. The fraction of sp³-hybridized carbons (Fsp3) is 0.783. The minimum atomic E-state index is -1.14. The largest absolute Gasteiger partial charge is 0.480 e. The van der Waals surface area contributed by atoms with Crippen LogP contribution < -0.4 is 33.2 Å². The first-order chi connectivity index (χ1) is 16.8. The Balaban J connectivity index is 5.62. The Morgan fingerprint density at radius 1 is 0.944 bits per heavy atom. The molecule has 208 valence electrons. The number of guanidine groups is 1. The van der Waals surface area contributed by atoms with Crippen molar-refractivity contribution in [3.63, 3.8) is 0 Å². The molecule has 5 unspecified atom stereocenters. The maximum absolute atomic E-state index is 13.2. The molecule has 0 saturated heterocycles. The van der Waals surface area contributed by atoms with E-state index >= 15 is 0 Å². The van der Waals surface area contributed by atoms with Gasteiger partial charge in [-0.3, -0.25) is 19.4 Å². The third-order valence-electron chi connectivity index (χ3n) is 5.66.